The fourth-order valence-electron chi connectivity index (χ4n) is 0. The first-order valence-electron chi connectivity index (χ1n) is 0.836. The molecule has 0 spiro atoms. The van der Waals surface area contributed by atoms with E-state index < -0.39 is 9.05 Å². The van der Waals surface area contributed by atoms with Gasteiger partial charge in [0.05, 0.1) is 0 Å². The number of hydrogen-bond acceptors (Lipinski definition) is 4. The summed E-state index contributed by atoms with van der Waals surface area (Å²) in [6.45, 7) is 0. The molecule has 0 rings (SSSR count). The monoisotopic (exact) mass is 286 g/mol. The van der Waals surface area contributed by atoms with Crippen LogP contribution in [0.5, 0.6) is 0 Å². The van der Waals surface area contributed by atoms with Crippen molar-refractivity contribution in [3.8, 4) is 0 Å². The predicted molar refractivity (Wildman–Crippen MR) is 11.6 cm³/mol. The third kappa shape index (κ3) is 128. The Hall–Kier alpha value is 1.25. The van der Waals surface area contributed by atoms with Crippen molar-refractivity contribution in [1.29, 1.82) is 0 Å². The summed E-state index contributed by atoms with van der Waals surface area (Å²) in [6, 6.07) is 0. The zero-order valence-electron chi connectivity index (χ0n) is 2.93. The third-order valence-corrected chi connectivity index (χ3v) is 0. The van der Waals surface area contributed by atoms with Crippen LogP contribution in [0, 0.1) is 36.9 Å². The zero-order chi connectivity index (χ0) is 4.50. The Morgan fingerprint density at radius 3 is 1.14 bits per heavy atom. The Morgan fingerprint density at radius 1 is 1.14 bits per heavy atom. The molecule has 0 aromatic heterocycles. The van der Waals surface area contributed by atoms with Gasteiger partial charge in [-0.15, -0.1) is 9.05 Å². The van der Waals surface area contributed by atoms with Crippen LogP contribution in [0.25, 0.3) is 0 Å². The average Bonchev–Trinajstić information content (AvgIpc) is 0.722. The minimum atomic E-state index is -5.36. The van der Waals surface area contributed by atoms with E-state index in [0.29, 0.717) is 0 Å². The average molecular weight is 286 g/mol. The van der Waals surface area contributed by atoms with Gasteiger partial charge in [-0.2, -0.15) is 0 Å². The molecule has 0 aliphatic carbocycles. The molecule has 7 heavy (non-hydrogen) atoms. The minimum absolute atomic E-state index is 0. The molecule has 0 atom stereocenters. The van der Waals surface area contributed by atoms with Gasteiger partial charge in [0, 0.05) is 0 Å². The quantitative estimate of drug-likeness (QED) is 0.447. The van der Waals surface area contributed by atoms with Crippen molar-refractivity contribution in [1.82, 2.24) is 0 Å². The Kier molecular flexibility index (Phi) is 12.1. The van der Waals surface area contributed by atoms with E-state index in [0.717, 1.165) is 0 Å². The van der Waals surface area contributed by atoms with Gasteiger partial charge >= 0.3 is 36.9 Å². The summed E-state index contributed by atoms with van der Waals surface area (Å²) in [7, 11) is -5.36. The van der Waals surface area contributed by atoms with Gasteiger partial charge < -0.3 is 24.7 Å². The van der Waals surface area contributed by atoms with Crippen LogP contribution < -0.4 is 14.4 Å². The molecule has 0 bridgehead atoms. The predicted octanol–water partition coefficient (Wildman–Crippen LogP) is -5.33. The molecular weight excluding hydrogens is 283 g/mol. The summed E-state index contributed by atoms with van der Waals surface area (Å²) in [6.07, 6.45) is 0. The summed E-state index contributed by atoms with van der Waals surface area (Å²) < 4.78 is 0. The van der Waals surface area contributed by atoms with Gasteiger partial charge in [0.1, 0.15) is 0 Å². The third-order valence-electron chi connectivity index (χ3n) is 0. The molecule has 0 saturated heterocycles. The van der Waals surface area contributed by atoms with Crippen LogP contribution >= 0.6 is 0 Å². The second-order valence-electron chi connectivity index (χ2n) is 0.524. The summed E-state index contributed by atoms with van der Waals surface area (Å²) in [5, 5.41) is 0. The van der Waals surface area contributed by atoms with Crippen LogP contribution in [-0.4, -0.2) is 19.3 Å². The molecule has 0 unspecified atom stereocenters. The first-order valence-corrected chi connectivity index (χ1v) is 2.51. The molecule has 0 aromatic carbocycles. The van der Waals surface area contributed by atoms with E-state index in [2.05, 4.69) is 0 Å². The maximum Gasteiger partial charge on any atom is 3.00 e. The molecule has 0 saturated carbocycles. The van der Waals surface area contributed by atoms with E-state index in [1.54, 1.807) is 0 Å². The topological polar surface area (TPSA) is 121 Å². The Balaban J connectivity index is -0.0000000800. The SMILES string of the molecule is O.[Lu+3].[O-][Si]([O-])([O-])O. The molecule has 3 N–H and O–H groups in total. The molecule has 0 aliphatic rings. The molecule has 0 aliphatic heterocycles. The second kappa shape index (κ2) is 5.39. The number of hydrogen-bond donors (Lipinski definition) is 1. The fraction of sp³-hybridized carbons (Fsp3) is 0. The largest absolute Gasteiger partial charge is 3.00 e. The van der Waals surface area contributed by atoms with Crippen molar-refractivity contribution >= 4 is 9.05 Å². The maximum atomic E-state index is 8.69. The summed E-state index contributed by atoms with van der Waals surface area (Å²) >= 11 is 0. The van der Waals surface area contributed by atoms with Crippen LogP contribution in [0.2, 0.25) is 0 Å². The molecule has 0 aromatic rings. The Bertz CT molecular complexity index is 23.6. The zero-order valence-corrected chi connectivity index (χ0v) is 5.59. The fourth-order valence-corrected chi connectivity index (χ4v) is 0. The van der Waals surface area contributed by atoms with E-state index in [9.17, 15) is 0 Å². The van der Waals surface area contributed by atoms with Gasteiger partial charge in [0.15, 0.2) is 0 Å². The van der Waals surface area contributed by atoms with Crippen LogP contribution in [0.3, 0.4) is 0 Å². The smallest absolute Gasteiger partial charge is 0.861 e. The first kappa shape index (κ1) is 15.7. The van der Waals surface area contributed by atoms with Gasteiger partial charge in [-0.3, -0.25) is 0 Å². The van der Waals surface area contributed by atoms with Crippen molar-refractivity contribution in [3.63, 3.8) is 0 Å². The summed E-state index contributed by atoms with van der Waals surface area (Å²) in [5.41, 5.74) is 0. The maximum absolute atomic E-state index is 8.69. The van der Waals surface area contributed by atoms with Gasteiger partial charge in [0.25, 0.3) is 0 Å². The van der Waals surface area contributed by atoms with Gasteiger partial charge in [0.2, 0.25) is 0 Å². The van der Waals surface area contributed by atoms with E-state index in [-0.39, 0.29) is 42.4 Å². The molecular formula is H3LuO5Si. The van der Waals surface area contributed by atoms with E-state index in [1.165, 1.54) is 0 Å². The van der Waals surface area contributed by atoms with Crippen LogP contribution in [0.4, 0.5) is 0 Å². The molecule has 0 radical (unpaired) electrons. The number of rotatable bonds is 0. The van der Waals surface area contributed by atoms with E-state index >= 15 is 0 Å². The summed E-state index contributed by atoms with van der Waals surface area (Å²) in [4.78, 5) is 33.1. The normalized spacial score (nSPS) is 8.57. The standard InChI is InChI=1S/Lu.HO4Si.H2O/c;1-5(2,3)4;/h;1H;1H2/q+3;-3;. The van der Waals surface area contributed by atoms with Crippen molar-refractivity contribution in [2.75, 3.05) is 0 Å². The van der Waals surface area contributed by atoms with Gasteiger partial charge in [-0.05, 0) is 0 Å². The van der Waals surface area contributed by atoms with Crippen molar-refractivity contribution in [2.45, 2.75) is 0 Å². The first-order chi connectivity index (χ1) is 2.00. The molecule has 0 heterocycles. The van der Waals surface area contributed by atoms with Gasteiger partial charge in [-0.25, -0.2) is 0 Å². The Morgan fingerprint density at radius 2 is 1.14 bits per heavy atom. The molecule has 0 amide bonds. The molecule has 52 valence electrons. The van der Waals surface area contributed by atoms with Crippen LogP contribution in [0.15, 0.2) is 0 Å². The van der Waals surface area contributed by atoms with Crippen molar-refractivity contribution < 1.29 is 61.5 Å². The van der Waals surface area contributed by atoms with Crippen LogP contribution in [-0.2, 0) is 0 Å². The van der Waals surface area contributed by atoms with Crippen molar-refractivity contribution in [3.05, 3.63) is 0 Å². The van der Waals surface area contributed by atoms with E-state index in [4.69, 9.17) is 19.2 Å². The molecule has 0 fully saturated rings. The van der Waals surface area contributed by atoms with E-state index in [1.807, 2.05) is 0 Å². The molecule has 7 heteroatoms. The Labute approximate surface area is 70.2 Å². The minimum Gasteiger partial charge on any atom is -0.861 e. The molecule has 5 nitrogen and oxygen atoms in total. The van der Waals surface area contributed by atoms with Crippen LogP contribution in [0.1, 0.15) is 0 Å². The summed E-state index contributed by atoms with van der Waals surface area (Å²) in [5.74, 6) is 0. The second-order valence-corrected chi connectivity index (χ2v) is 1.57. The van der Waals surface area contributed by atoms with Gasteiger partial charge in [-0.1, -0.05) is 0 Å². The van der Waals surface area contributed by atoms with Crippen molar-refractivity contribution in [2.24, 2.45) is 0 Å².